The summed E-state index contributed by atoms with van der Waals surface area (Å²) in [4.78, 5) is 12.9. The van der Waals surface area contributed by atoms with Crippen LogP contribution in [0.4, 0.5) is 5.69 Å². The van der Waals surface area contributed by atoms with Crippen LogP contribution in [0.15, 0.2) is 40.8 Å². The van der Waals surface area contributed by atoms with Crippen molar-refractivity contribution in [3.8, 4) is 11.3 Å². The summed E-state index contributed by atoms with van der Waals surface area (Å²) in [7, 11) is -3.59. The minimum atomic E-state index is -3.59. The smallest absolute Gasteiger partial charge is 0.342 e. The lowest BCUT2D eigenvalue weighted by Gasteiger charge is -2.26. The Kier molecular flexibility index (Phi) is 6.24. The molecule has 0 spiro atoms. The average Bonchev–Trinajstić information content (AvgIpc) is 3.49. The monoisotopic (exact) mass is 471 g/mol. The number of sulfonamides is 1. The lowest BCUT2D eigenvalue weighted by atomic mass is 10.0. The highest BCUT2D eigenvalue weighted by Gasteiger charge is 2.32. The van der Waals surface area contributed by atoms with E-state index in [1.807, 2.05) is 31.2 Å². The number of nitrogens with zero attached hydrogens (tertiary/aromatic N) is 1. The topological polar surface area (TPSA) is 97.0 Å². The third kappa shape index (κ3) is 4.77. The Bertz CT molecular complexity index is 1290. The number of anilines is 1. The van der Waals surface area contributed by atoms with Gasteiger partial charge in [-0.2, -0.15) is 0 Å². The lowest BCUT2D eigenvalue weighted by molar-refractivity contribution is 0.0528. The molecule has 3 aromatic rings. The van der Waals surface area contributed by atoms with E-state index in [4.69, 9.17) is 9.15 Å². The number of aliphatic hydroxyl groups excluding tert-OH is 1. The number of hydrogen-bond donors (Lipinski definition) is 1. The molecule has 0 aliphatic heterocycles. The fraction of sp³-hybridized carbons (Fsp3) is 0.400. The van der Waals surface area contributed by atoms with Gasteiger partial charge in [0.05, 0.1) is 24.7 Å². The first-order valence-corrected chi connectivity index (χ1v) is 12.9. The molecule has 1 aliphatic rings. The van der Waals surface area contributed by atoms with E-state index in [2.05, 4.69) is 0 Å². The van der Waals surface area contributed by atoms with Gasteiger partial charge in [-0.3, -0.25) is 4.31 Å². The maximum absolute atomic E-state index is 12.9. The molecule has 1 aliphatic carbocycles. The molecule has 2 aromatic carbocycles. The summed E-state index contributed by atoms with van der Waals surface area (Å²) in [6.07, 6.45) is 2.16. The number of furan rings is 1. The van der Waals surface area contributed by atoms with Crippen LogP contribution < -0.4 is 4.31 Å². The zero-order chi connectivity index (χ0) is 23.9. The summed E-state index contributed by atoms with van der Waals surface area (Å²) in [6, 6.07) is 10.8. The van der Waals surface area contributed by atoms with E-state index in [9.17, 15) is 18.3 Å². The molecule has 1 fully saturated rings. The molecular formula is C25H29NO6S. The summed E-state index contributed by atoms with van der Waals surface area (Å²) >= 11 is 0. The van der Waals surface area contributed by atoms with Crippen LogP contribution in [0.1, 0.15) is 54.3 Å². The summed E-state index contributed by atoms with van der Waals surface area (Å²) in [5, 5.41) is 11.0. The minimum absolute atomic E-state index is 0.198. The number of carbonyl (C=O) groups excluding carboxylic acids is 1. The van der Waals surface area contributed by atoms with E-state index in [1.165, 1.54) is 4.31 Å². The van der Waals surface area contributed by atoms with Crippen LogP contribution in [0.25, 0.3) is 22.3 Å². The molecule has 0 unspecified atom stereocenters. The number of ether oxygens (including phenoxy) is 1. The molecule has 33 heavy (non-hydrogen) atoms. The molecule has 7 nitrogen and oxygen atoms in total. The second kappa shape index (κ2) is 8.83. The van der Waals surface area contributed by atoms with Crippen molar-refractivity contribution in [3.05, 3.63) is 53.1 Å². The van der Waals surface area contributed by atoms with Crippen LogP contribution in [0.2, 0.25) is 0 Å². The largest absolute Gasteiger partial charge is 0.462 e. The van der Waals surface area contributed by atoms with Crippen LogP contribution in [0.5, 0.6) is 0 Å². The molecule has 8 heteroatoms. The van der Waals surface area contributed by atoms with Gasteiger partial charge < -0.3 is 14.3 Å². The predicted octanol–water partition coefficient (Wildman–Crippen LogP) is 4.81. The van der Waals surface area contributed by atoms with Gasteiger partial charge in [0.25, 0.3) is 0 Å². The molecule has 0 radical (unpaired) electrons. The number of fused-ring (bicyclic) bond motifs is 1. The van der Waals surface area contributed by atoms with Gasteiger partial charge in [0.15, 0.2) is 0 Å². The van der Waals surface area contributed by atoms with Crippen LogP contribution >= 0.6 is 0 Å². The number of hydrogen-bond acceptors (Lipinski definition) is 6. The van der Waals surface area contributed by atoms with Gasteiger partial charge in [-0.1, -0.05) is 29.8 Å². The summed E-state index contributed by atoms with van der Waals surface area (Å²) in [5.74, 6) is 0.117. The zero-order valence-corrected chi connectivity index (χ0v) is 20.1. The summed E-state index contributed by atoms with van der Waals surface area (Å²) < 4.78 is 38.1. The van der Waals surface area contributed by atoms with Gasteiger partial charge >= 0.3 is 5.97 Å². The average molecular weight is 472 g/mol. The first-order valence-electron chi connectivity index (χ1n) is 11.1. The van der Waals surface area contributed by atoms with Gasteiger partial charge in [0.1, 0.15) is 16.9 Å². The number of aliphatic hydroxyl groups is 1. The van der Waals surface area contributed by atoms with Crippen LogP contribution in [-0.4, -0.2) is 38.9 Å². The predicted molar refractivity (Wildman–Crippen MR) is 128 cm³/mol. The molecule has 1 aromatic heterocycles. The Morgan fingerprint density at radius 2 is 1.91 bits per heavy atom. The zero-order valence-electron chi connectivity index (χ0n) is 19.3. The Labute approximate surface area is 194 Å². The van der Waals surface area contributed by atoms with Crippen molar-refractivity contribution in [2.75, 3.05) is 23.7 Å². The first-order chi connectivity index (χ1) is 15.6. The number of rotatable bonds is 8. The van der Waals surface area contributed by atoms with Crippen molar-refractivity contribution >= 4 is 32.6 Å². The van der Waals surface area contributed by atoms with Gasteiger partial charge in [-0.05, 0) is 45.6 Å². The van der Waals surface area contributed by atoms with E-state index >= 15 is 0 Å². The second-order valence-corrected chi connectivity index (χ2v) is 10.6. The standard InChI is InChI=1S/C25H29NO6S/c1-5-31-25(28)23-20-12-19(16(3)27)21(26(33(4,29)30)14-17-8-9-17)13-22(20)32-24(23)18-10-6-15(2)7-11-18/h6-7,10-13,16-17,27H,5,8-9,14H2,1-4H3/t16-/m0/s1. The SMILES string of the molecule is CCOC(=O)c1c(-c2ccc(C)cc2)oc2cc(N(CC3CC3)S(C)(=O)=O)c([C@H](C)O)cc12. The van der Waals surface area contributed by atoms with Gasteiger partial charge in [-0.25, -0.2) is 13.2 Å². The summed E-state index contributed by atoms with van der Waals surface area (Å²) in [5.41, 5.74) is 3.17. The Morgan fingerprint density at radius 3 is 2.45 bits per heavy atom. The molecule has 1 N–H and O–H groups in total. The third-order valence-electron chi connectivity index (χ3n) is 5.87. The molecule has 176 valence electrons. The molecule has 0 bridgehead atoms. The first kappa shape index (κ1) is 23.3. The van der Waals surface area contributed by atoms with Gasteiger partial charge in [0.2, 0.25) is 10.0 Å². The number of benzene rings is 2. The fourth-order valence-corrected chi connectivity index (χ4v) is 4.96. The molecule has 4 rings (SSSR count). The fourth-order valence-electron chi connectivity index (χ4n) is 3.96. The normalized spacial score (nSPS) is 14.9. The van der Waals surface area contributed by atoms with Crippen molar-refractivity contribution in [2.24, 2.45) is 5.92 Å². The molecular weight excluding hydrogens is 442 g/mol. The maximum atomic E-state index is 12.9. The second-order valence-electron chi connectivity index (χ2n) is 8.71. The highest BCUT2D eigenvalue weighted by molar-refractivity contribution is 7.92. The quantitative estimate of drug-likeness (QED) is 0.474. The van der Waals surface area contributed by atoms with E-state index in [1.54, 1.807) is 26.0 Å². The van der Waals surface area contributed by atoms with Crippen molar-refractivity contribution in [3.63, 3.8) is 0 Å². The van der Waals surface area contributed by atoms with Crippen molar-refractivity contribution in [2.45, 2.75) is 39.7 Å². The van der Waals surface area contributed by atoms with E-state index in [-0.39, 0.29) is 12.2 Å². The van der Waals surface area contributed by atoms with Crippen molar-refractivity contribution in [1.29, 1.82) is 0 Å². The maximum Gasteiger partial charge on any atom is 0.342 e. The Balaban J connectivity index is 1.98. The van der Waals surface area contributed by atoms with E-state index in [0.29, 0.717) is 46.0 Å². The summed E-state index contributed by atoms with van der Waals surface area (Å²) in [6.45, 7) is 5.82. The number of aryl methyl sites for hydroxylation is 1. The van der Waals surface area contributed by atoms with Crippen LogP contribution in [0, 0.1) is 12.8 Å². The minimum Gasteiger partial charge on any atom is -0.462 e. The number of carbonyl (C=O) groups is 1. The molecule has 1 saturated carbocycles. The van der Waals surface area contributed by atoms with Crippen molar-refractivity contribution in [1.82, 2.24) is 0 Å². The highest BCUT2D eigenvalue weighted by Crippen LogP contribution is 2.41. The Hall–Kier alpha value is -2.84. The van der Waals surface area contributed by atoms with Crippen LogP contribution in [0.3, 0.4) is 0 Å². The lowest BCUT2D eigenvalue weighted by Crippen LogP contribution is -2.33. The van der Waals surface area contributed by atoms with E-state index < -0.39 is 22.1 Å². The third-order valence-corrected chi connectivity index (χ3v) is 7.02. The number of esters is 1. The molecule has 0 amide bonds. The molecule has 1 heterocycles. The van der Waals surface area contributed by atoms with Crippen molar-refractivity contribution < 1.29 is 27.5 Å². The van der Waals surface area contributed by atoms with Gasteiger partial charge in [0, 0.05) is 29.1 Å². The van der Waals surface area contributed by atoms with Gasteiger partial charge in [-0.15, -0.1) is 0 Å². The Morgan fingerprint density at radius 1 is 1.24 bits per heavy atom. The van der Waals surface area contributed by atoms with Crippen LogP contribution in [-0.2, 0) is 14.8 Å². The van der Waals surface area contributed by atoms with E-state index in [0.717, 1.165) is 24.7 Å². The highest BCUT2D eigenvalue weighted by atomic mass is 32.2. The molecule has 1 atom stereocenters. The molecule has 0 saturated heterocycles.